The van der Waals surface area contributed by atoms with Gasteiger partial charge in [-0.15, -0.1) is 0 Å². The highest BCUT2D eigenvalue weighted by Gasteiger charge is 1.98. The fourth-order valence-electron chi connectivity index (χ4n) is 1.44. The molecule has 0 unspecified atom stereocenters. The van der Waals surface area contributed by atoms with Crippen LogP contribution in [-0.4, -0.2) is 0 Å². The Morgan fingerprint density at radius 3 is 2.12 bits per heavy atom. The van der Waals surface area contributed by atoms with Gasteiger partial charge in [0.15, 0.2) is 0 Å². The summed E-state index contributed by atoms with van der Waals surface area (Å²) in [7, 11) is 0. The zero-order valence-corrected chi connectivity index (χ0v) is 10.7. The molecule has 0 atom stereocenters. The van der Waals surface area contributed by atoms with Crippen LogP contribution < -0.4 is 0 Å². The minimum absolute atomic E-state index is 1.12. The van der Waals surface area contributed by atoms with Crippen LogP contribution in [0.15, 0.2) is 54.1 Å². The van der Waals surface area contributed by atoms with Gasteiger partial charge in [0.1, 0.15) is 0 Å². The molecule has 0 aromatic heterocycles. The van der Waals surface area contributed by atoms with Crippen molar-refractivity contribution in [1.82, 2.24) is 0 Å². The summed E-state index contributed by atoms with van der Waals surface area (Å²) in [6.07, 6.45) is 4.32. The van der Waals surface area contributed by atoms with E-state index in [-0.39, 0.29) is 0 Å². The normalized spacial score (nSPS) is 12.8. The lowest BCUT2D eigenvalue weighted by Gasteiger charge is -2.05. The monoisotopic (exact) mass is 212 g/mol. The number of rotatable bonds is 3. The van der Waals surface area contributed by atoms with E-state index >= 15 is 0 Å². The van der Waals surface area contributed by atoms with E-state index in [1.54, 1.807) is 0 Å². The van der Waals surface area contributed by atoms with Gasteiger partial charge in [0.05, 0.1) is 0 Å². The first-order valence-electron chi connectivity index (χ1n) is 5.62. The van der Waals surface area contributed by atoms with Gasteiger partial charge in [-0.1, -0.05) is 54.1 Å². The van der Waals surface area contributed by atoms with Crippen molar-refractivity contribution in [2.45, 2.75) is 27.7 Å². The van der Waals surface area contributed by atoms with Crippen LogP contribution in [0.5, 0.6) is 0 Å². The first-order chi connectivity index (χ1) is 7.54. The SMILES string of the molecule is C=C(C)/C(C)=C/C(=C\C)c1ccc(C)cc1. The topological polar surface area (TPSA) is 0 Å². The van der Waals surface area contributed by atoms with Crippen LogP contribution >= 0.6 is 0 Å². The number of aryl methyl sites for hydroxylation is 1. The summed E-state index contributed by atoms with van der Waals surface area (Å²) in [6, 6.07) is 8.60. The molecule has 0 saturated carbocycles. The average Bonchev–Trinajstić information content (AvgIpc) is 2.26. The molecule has 0 spiro atoms. The highest BCUT2D eigenvalue weighted by molar-refractivity contribution is 5.75. The van der Waals surface area contributed by atoms with E-state index in [4.69, 9.17) is 0 Å². The average molecular weight is 212 g/mol. The van der Waals surface area contributed by atoms with Crippen molar-refractivity contribution >= 4 is 5.57 Å². The fourth-order valence-corrected chi connectivity index (χ4v) is 1.44. The van der Waals surface area contributed by atoms with Gasteiger partial charge in [-0.3, -0.25) is 0 Å². The van der Waals surface area contributed by atoms with Crippen LogP contribution in [0.4, 0.5) is 0 Å². The van der Waals surface area contributed by atoms with Gasteiger partial charge in [-0.2, -0.15) is 0 Å². The first-order valence-corrected chi connectivity index (χ1v) is 5.62. The molecule has 0 nitrogen and oxygen atoms in total. The third kappa shape index (κ3) is 3.23. The van der Waals surface area contributed by atoms with E-state index in [1.807, 2.05) is 6.92 Å². The molecule has 1 aromatic rings. The lowest BCUT2D eigenvalue weighted by Crippen LogP contribution is -1.84. The summed E-state index contributed by atoms with van der Waals surface area (Å²) in [5.74, 6) is 0. The Balaban J connectivity index is 3.06. The van der Waals surface area contributed by atoms with Gasteiger partial charge in [0.25, 0.3) is 0 Å². The quantitative estimate of drug-likeness (QED) is 0.624. The Kier molecular flexibility index (Phi) is 4.30. The summed E-state index contributed by atoms with van der Waals surface area (Å²) >= 11 is 0. The van der Waals surface area contributed by atoms with E-state index in [9.17, 15) is 0 Å². The van der Waals surface area contributed by atoms with Gasteiger partial charge in [-0.25, -0.2) is 0 Å². The van der Waals surface area contributed by atoms with Gasteiger partial charge >= 0.3 is 0 Å². The predicted octanol–water partition coefficient (Wildman–Crippen LogP) is 4.92. The molecule has 0 aliphatic carbocycles. The Morgan fingerprint density at radius 2 is 1.69 bits per heavy atom. The summed E-state index contributed by atoms with van der Waals surface area (Å²) in [6.45, 7) is 12.3. The molecule has 0 heteroatoms. The van der Waals surface area contributed by atoms with Gasteiger partial charge in [-0.05, 0) is 44.4 Å². The van der Waals surface area contributed by atoms with Crippen LogP contribution in [0.2, 0.25) is 0 Å². The maximum atomic E-state index is 3.95. The molecule has 0 saturated heterocycles. The van der Waals surface area contributed by atoms with Crippen LogP contribution in [0.25, 0.3) is 5.57 Å². The summed E-state index contributed by atoms with van der Waals surface area (Å²) < 4.78 is 0. The molecule has 0 aliphatic rings. The lowest BCUT2D eigenvalue weighted by molar-refractivity contribution is 1.36. The number of hydrogen-bond donors (Lipinski definition) is 0. The molecule has 0 bridgehead atoms. The molecule has 84 valence electrons. The fraction of sp³-hybridized carbons (Fsp3) is 0.250. The predicted molar refractivity (Wildman–Crippen MR) is 73.4 cm³/mol. The van der Waals surface area contributed by atoms with Crippen molar-refractivity contribution in [3.63, 3.8) is 0 Å². The highest BCUT2D eigenvalue weighted by atomic mass is 14.0. The molecule has 16 heavy (non-hydrogen) atoms. The second-order valence-corrected chi connectivity index (χ2v) is 4.22. The summed E-state index contributed by atoms with van der Waals surface area (Å²) in [5, 5.41) is 0. The van der Waals surface area contributed by atoms with Crippen LogP contribution in [0.1, 0.15) is 31.9 Å². The van der Waals surface area contributed by atoms with E-state index in [0.29, 0.717) is 0 Å². The zero-order chi connectivity index (χ0) is 12.1. The molecule has 1 rings (SSSR count). The Labute approximate surface area is 99.0 Å². The van der Waals surface area contributed by atoms with Gasteiger partial charge < -0.3 is 0 Å². The molecule has 0 aliphatic heterocycles. The van der Waals surface area contributed by atoms with E-state index in [1.165, 1.54) is 22.3 Å². The van der Waals surface area contributed by atoms with Crippen molar-refractivity contribution in [2.75, 3.05) is 0 Å². The van der Waals surface area contributed by atoms with Crippen LogP contribution in [0, 0.1) is 6.92 Å². The standard InChI is InChI=1S/C16H20/c1-6-15(11-14(5)12(2)3)16-9-7-13(4)8-10-16/h6-11H,2H2,1,3-5H3/b14-11+,15-6+. The van der Waals surface area contributed by atoms with E-state index in [0.717, 1.165) is 5.57 Å². The third-order valence-corrected chi connectivity index (χ3v) is 2.74. The molecule has 0 radical (unpaired) electrons. The second kappa shape index (κ2) is 5.50. The van der Waals surface area contributed by atoms with Crippen molar-refractivity contribution in [3.05, 3.63) is 65.3 Å². The van der Waals surface area contributed by atoms with Crippen molar-refractivity contribution in [3.8, 4) is 0 Å². The summed E-state index contributed by atoms with van der Waals surface area (Å²) in [4.78, 5) is 0. The Morgan fingerprint density at radius 1 is 1.12 bits per heavy atom. The largest absolute Gasteiger partial charge is 0.0958 e. The molecule has 0 heterocycles. The number of hydrogen-bond acceptors (Lipinski definition) is 0. The summed E-state index contributed by atoms with van der Waals surface area (Å²) in [5.41, 5.74) is 6.15. The van der Waals surface area contributed by atoms with Crippen LogP contribution in [-0.2, 0) is 0 Å². The minimum Gasteiger partial charge on any atom is -0.0958 e. The molecule has 0 fully saturated rings. The van der Waals surface area contributed by atoms with Gasteiger partial charge in [0.2, 0.25) is 0 Å². The van der Waals surface area contributed by atoms with Crippen molar-refractivity contribution < 1.29 is 0 Å². The number of benzene rings is 1. The zero-order valence-electron chi connectivity index (χ0n) is 10.7. The molecular formula is C16H20. The smallest absolute Gasteiger partial charge is 0.0187 e. The van der Waals surface area contributed by atoms with Gasteiger partial charge in [0, 0.05) is 0 Å². The van der Waals surface area contributed by atoms with Crippen LogP contribution in [0.3, 0.4) is 0 Å². The van der Waals surface area contributed by atoms with Crippen molar-refractivity contribution in [1.29, 1.82) is 0 Å². The molecule has 0 N–H and O–H groups in total. The Hall–Kier alpha value is -1.56. The number of allylic oxidation sites excluding steroid dienone is 5. The lowest BCUT2D eigenvalue weighted by atomic mass is 10.00. The minimum atomic E-state index is 1.12. The second-order valence-electron chi connectivity index (χ2n) is 4.22. The molecule has 0 amide bonds. The Bertz CT molecular complexity index is 428. The maximum Gasteiger partial charge on any atom is -0.0187 e. The van der Waals surface area contributed by atoms with Crippen molar-refractivity contribution in [2.24, 2.45) is 0 Å². The van der Waals surface area contributed by atoms with E-state index in [2.05, 4.69) is 63.8 Å². The van der Waals surface area contributed by atoms with E-state index < -0.39 is 0 Å². The maximum absolute atomic E-state index is 3.95. The molecular weight excluding hydrogens is 192 g/mol. The highest BCUT2D eigenvalue weighted by Crippen LogP contribution is 2.20. The molecule has 1 aromatic carbocycles. The third-order valence-electron chi connectivity index (χ3n) is 2.74. The first kappa shape index (κ1) is 12.5.